The maximum Gasteiger partial charge on any atom is 0.123 e. The molecule has 1 nitrogen and oxygen atoms in total. The Balaban J connectivity index is 3.07. The molecule has 0 unspecified atom stereocenters. The quantitative estimate of drug-likeness (QED) is 0.686. The molecule has 1 heterocycles. The van der Waals surface area contributed by atoms with E-state index in [4.69, 9.17) is 27.6 Å². The van der Waals surface area contributed by atoms with Gasteiger partial charge in [-0.1, -0.05) is 20.8 Å². The van der Waals surface area contributed by atoms with E-state index < -0.39 is 0 Å². The Labute approximate surface area is 89.0 Å². The third-order valence-electron chi connectivity index (χ3n) is 1.90. The van der Waals surface area contributed by atoms with Crippen LogP contribution in [-0.4, -0.2) is 0 Å². The molecule has 13 heavy (non-hydrogen) atoms. The molecular formula is C10H14Cl2O. The van der Waals surface area contributed by atoms with E-state index in [1.54, 1.807) is 0 Å². The number of rotatable bonds is 2. The summed E-state index contributed by atoms with van der Waals surface area (Å²) < 4.78 is 5.60. The topological polar surface area (TPSA) is 13.1 Å². The van der Waals surface area contributed by atoms with Gasteiger partial charge >= 0.3 is 0 Å². The van der Waals surface area contributed by atoms with Crippen molar-refractivity contribution in [2.45, 2.75) is 37.9 Å². The van der Waals surface area contributed by atoms with Crippen LogP contribution in [-0.2, 0) is 17.2 Å². The van der Waals surface area contributed by atoms with Gasteiger partial charge < -0.3 is 4.42 Å². The predicted octanol–water partition coefficient (Wildman–Crippen LogP) is 4.05. The van der Waals surface area contributed by atoms with Gasteiger partial charge in [-0.3, -0.25) is 0 Å². The SMILES string of the molecule is CC(C)(C)c1cc(CCl)c(CCl)o1. The molecule has 1 aromatic heterocycles. The van der Waals surface area contributed by atoms with E-state index in [1.165, 1.54) is 0 Å². The summed E-state index contributed by atoms with van der Waals surface area (Å²) in [7, 11) is 0. The van der Waals surface area contributed by atoms with Crippen LogP contribution in [0.4, 0.5) is 0 Å². The Morgan fingerprint density at radius 2 is 1.85 bits per heavy atom. The molecule has 1 aromatic rings. The summed E-state index contributed by atoms with van der Waals surface area (Å²) in [5.74, 6) is 2.58. The van der Waals surface area contributed by atoms with Gasteiger partial charge in [-0.05, 0) is 6.07 Å². The van der Waals surface area contributed by atoms with E-state index in [9.17, 15) is 0 Å². The van der Waals surface area contributed by atoms with Crippen molar-refractivity contribution in [3.63, 3.8) is 0 Å². The van der Waals surface area contributed by atoms with E-state index in [0.29, 0.717) is 11.8 Å². The maximum atomic E-state index is 5.76. The van der Waals surface area contributed by atoms with Gasteiger partial charge in [-0.2, -0.15) is 0 Å². The second-order valence-electron chi connectivity index (χ2n) is 4.08. The molecule has 0 spiro atoms. The highest BCUT2D eigenvalue weighted by molar-refractivity contribution is 6.18. The predicted molar refractivity (Wildman–Crippen MR) is 56.5 cm³/mol. The molecule has 0 saturated carbocycles. The zero-order valence-corrected chi connectivity index (χ0v) is 9.67. The van der Waals surface area contributed by atoms with Gasteiger partial charge in [0.25, 0.3) is 0 Å². The number of alkyl halides is 2. The number of hydrogen-bond donors (Lipinski definition) is 0. The van der Waals surface area contributed by atoms with Gasteiger partial charge in [0.05, 0.1) is 11.8 Å². The Kier molecular flexibility index (Phi) is 3.31. The lowest BCUT2D eigenvalue weighted by Gasteiger charge is -2.13. The van der Waals surface area contributed by atoms with E-state index in [0.717, 1.165) is 17.1 Å². The zero-order chi connectivity index (χ0) is 10.1. The zero-order valence-electron chi connectivity index (χ0n) is 8.16. The molecule has 0 saturated heterocycles. The van der Waals surface area contributed by atoms with Crippen LogP contribution >= 0.6 is 23.2 Å². The lowest BCUT2D eigenvalue weighted by molar-refractivity contribution is 0.393. The standard InChI is InChI=1S/C10H14Cl2O/c1-10(2,3)9-4-7(5-11)8(6-12)13-9/h4H,5-6H2,1-3H3. The van der Waals surface area contributed by atoms with Gasteiger partial charge in [0.1, 0.15) is 11.5 Å². The van der Waals surface area contributed by atoms with Crippen LogP contribution in [0.15, 0.2) is 10.5 Å². The Morgan fingerprint density at radius 1 is 1.23 bits per heavy atom. The van der Waals surface area contributed by atoms with Crippen LogP contribution in [0.5, 0.6) is 0 Å². The molecule has 0 aliphatic rings. The fraction of sp³-hybridized carbons (Fsp3) is 0.600. The molecule has 1 rings (SSSR count). The molecule has 0 fully saturated rings. The summed E-state index contributed by atoms with van der Waals surface area (Å²) in [6, 6.07) is 1.99. The molecule has 0 aliphatic heterocycles. The molecular weight excluding hydrogens is 207 g/mol. The minimum atomic E-state index is 0.0190. The molecule has 0 N–H and O–H groups in total. The molecule has 0 bridgehead atoms. The van der Waals surface area contributed by atoms with E-state index in [-0.39, 0.29) is 5.41 Å². The summed E-state index contributed by atoms with van der Waals surface area (Å²) in [5, 5.41) is 0. The van der Waals surface area contributed by atoms with Crippen molar-refractivity contribution in [2.24, 2.45) is 0 Å². The summed E-state index contributed by atoms with van der Waals surface area (Å²) in [6.45, 7) is 6.30. The van der Waals surface area contributed by atoms with Gasteiger partial charge in [-0.25, -0.2) is 0 Å². The van der Waals surface area contributed by atoms with Gasteiger partial charge in [0, 0.05) is 11.0 Å². The Hall–Kier alpha value is -0.140. The minimum Gasteiger partial charge on any atom is -0.464 e. The van der Waals surface area contributed by atoms with Crippen LogP contribution in [0.1, 0.15) is 37.9 Å². The monoisotopic (exact) mass is 220 g/mol. The lowest BCUT2D eigenvalue weighted by atomic mass is 9.93. The second-order valence-corrected chi connectivity index (χ2v) is 4.61. The van der Waals surface area contributed by atoms with E-state index >= 15 is 0 Å². The van der Waals surface area contributed by atoms with Crippen LogP contribution < -0.4 is 0 Å². The van der Waals surface area contributed by atoms with Crippen molar-refractivity contribution in [1.82, 2.24) is 0 Å². The van der Waals surface area contributed by atoms with Gasteiger partial charge in [0.15, 0.2) is 0 Å². The van der Waals surface area contributed by atoms with Crippen LogP contribution in [0.3, 0.4) is 0 Å². The normalized spacial score (nSPS) is 12.1. The maximum absolute atomic E-state index is 5.76. The molecule has 0 aromatic carbocycles. The number of hydrogen-bond acceptors (Lipinski definition) is 1. The third-order valence-corrected chi connectivity index (χ3v) is 2.43. The molecule has 0 aliphatic carbocycles. The largest absolute Gasteiger partial charge is 0.464 e. The highest BCUT2D eigenvalue weighted by Gasteiger charge is 2.20. The van der Waals surface area contributed by atoms with E-state index in [2.05, 4.69) is 20.8 Å². The molecule has 0 radical (unpaired) electrons. The van der Waals surface area contributed by atoms with Gasteiger partial charge in [-0.15, -0.1) is 23.2 Å². The molecule has 3 heteroatoms. The number of halogens is 2. The van der Waals surface area contributed by atoms with Crippen molar-refractivity contribution >= 4 is 23.2 Å². The Bertz CT molecular complexity index is 262. The fourth-order valence-corrected chi connectivity index (χ4v) is 1.51. The molecule has 0 atom stereocenters. The lowest BCUT2D eigenvalue weighted by Crippen LogP contribution is -2.09. The summed E-state index contributed by atoms with van der Waals surface area (Å²) in [5.41, 5.74) is 1.02. The van der Waals surface area contributed by atoms with Crippen molar-refractivity contribution in [2.75, 3.05) is 0 Å². The first-order valence-corrected chi connectivity index (χ1v) is 5.30. The van der Waals surface area contributed by atoms with Crippen LogP contribution in [0.2, 0.25) is 0 Å². The Morgan fingerprint density at radius 3 is 2.15 bits per heavy atom. The third kappa shape index (κ3) is 2.41. The van der Waals surface area contributed by atoms with Crippen molar-refractivity contribution in [3.05, 3.63) is 23.2 Å². The summed E-state index contributed by atoms with van der Waals surface area (Å²) in [6.07, 6.45) is 0. The highest BCUT2D eigenvalue weighted by Crippen LogP contribution is 2.28. The highest BCUT2D eigenvalue weighted by atomic mass is 35.5. The summed E-state index contributed by atoms with van der Waals surface area (Å²) in [4.78, 5) is 0. The van der Waals surface area contributed by atoms with Crippen LogP contribution in [0.25, 0.3) is 0 Å². The first-order valence-electron chi connectivity index (χ1n) is 4.23. The first-order chi connectivity index (χ1) is 5.99. The smallest absolute Gasteiger partial charge is 0.123 e. The van der Waals surface area contributed by atoms with E-state index in [1.807, 2.05) is 6.07 Å². The summed E-state index contributed by atoms with van der Waals surface area (Å²) >= 11 is 11.5. The molecule has 0 amide bonds. The number of furan rings is 1. The van der Waals surface area contributed by atoms with Crippen molar-refractivity contribution in [3.8, 4) is 0 Å². The van der Waals surface area contributed by atoms with Crippen molar-refractivity contribution < 1.29 is 4.42 Å². The first kappa shape index (κ1) is 10.9. The fourth-order valence-electron chi connectivity index (χ4n) is 1.06. The van der Waals surface area contributed by atoms with Crippen molar-refractivity contribution in [1.29, 1.82) is 0 Å². The van der Waals surface area contributed by atoms with Crippen LogP contribution in [0, 0.1) is 0 Å². The molecule has 74 valence electrons. The average molecular weight is 221 g/mol. The average Bonchev–Trinajstić information content (AvgIpc) is 2.45. The second kappa shape index (κ2) is 3.93. The minimum absolute atomic E-state index is 0.0190. The van der Waals surface area contributed by atoms with Gasteiger partial charge in [0.2, 0.25) is 0 Å².